The number of ether oxygens (including phenoxy) is 1. The average molecular weight is 525 g/mol. The van der Waals surface area contributed by atoms with Gasteiger partial charge in [0.1, 0.15) is 5.60 Å². The van der Waals surface area contributed by atoms with Crippen LogP contribution in [0, 0.1) is 11.8 Å². The summed E-state index contributed by atoms with van der Waals surface area (Å²) in [6.07, 6.45) is 2.00. The zero-order valence-electron chi connectivity index (χ0n) is 18.8. The molecule has 0 bridgehead atoms. The van der Waals surface area contributed by atoms with E-state index in [0.717, 1.165) is 38.4 Å². The van der Waals surface area contributed by atoms with Crippen LogP contribution in [0.3, 0.4) is 0 Å². The number of alkyl carbamates (subject to hydrolysis) is 1. The minimum Gasteiger partial charge on any atom is -0.444 e. The van der Waals surface area contributed by atoms with E-state index >= 15 is 0 Å². The summed E-state index contributed by atoms with van der Waals surface area (Å²) in [5, 5.41) is 6.26. The topological polar surface area (TPSA) is 109 Å². The van der Waals surface area contributed by atoms with E-state index in [0.29, 0.717) is 13.0 Å². The third kappa shape index (κ3) is 11.5. The summed E-state index contributed by atoms with van der Waals surface area (Å²) in [6.45, 7) is 14.5. The van der Waals surface area contributed by atoms with Crippen molar-refractivity contribution >= 4 is 41.9 Å². The number of carbonyl (C=O) groups is 2. The number of nitrogens with one attached hydrogen (secondary N) is 2. The predicted molar refractivity (Wildman–Crippen MR) is 127 cm³/mol. The molecule has 1 aliphatic heterocycles. The van der Waals surface area contributed by atoms with Gasteiger partial charge in [-0.1, -0.05) is 13.8 Å². The fourth-order valence-electron chi connectivity index (χ4n) is 3.20. The molecule has 0 aromatic heterocycles. The maximum Gasteiger partial charge on any atom is 0.407 e. The number of nitrogens with zero attached hydrogens (tertiary/aromatic N) is 2. The molecule has 1 aliphatic rings. The van der Waals surface area contributed by atoms with Crippen LogP contribution in [0.5, 0.6) is 0 Å². The lowest BCUT2D eigenvalue weighted by molar-refractivity contribution is -0.119. The predicted octanol–water partition coefficient (Wildman–Crippen LogP) is 2.71. The first-order valence-electron chi connectivity index (χ1n) is 10.3. The quantitative estimate of drug-likeness (QED) is 0.269. The third-order valence-corrected chi connectivity index (χ3v) is 4.59. The minimum absolute atomic E-state index is 0. The molecule has 4 N–H and O–H groups in total. The van der Waals surface area contributed by atoms with Crippen LogP contribution >= 0.6 is 24.0 Å². The zero-order chi connectivity index (χ0) is 21.3. The number of rotatable bonds is 7. The largest absolute Gasteiger partial charge is 0.444 e. The summed E-state index contributed by atoms with van der Waals surface area (Å²) in [5.41, 5.74) is 4.84. The first-order chi connectivity index (χ1) is 13.0. The molecule has 2 atom stereocenters. The highest BCUT2D eigenvalue weighted by Gasteiger charge is 2.25. The monoisotopic (exact) mass is 525 g/mol. The lowest BCUT2D eigenvalue weighted by atomic mass is 9.95. The number of nitrogens with two attached hydrogens (primary N) is 1. The number of primary amides is 1. The van der Waals surface area contributed by atoms with Crippen molar-refractivity contribution in [2.24, 2.45) is 22.6 Å². The number of piperidine rings is 1. The van der Waals surface area contributed by atoms with Crippen molar-refractivity contribution in [3.05, 3.63) is 0 Å². The Morgan fingerprint density at radius 1 is 1.31 bits per heavy atom. The maximum atomic E-state index is 12.1. The molecule has 2 amide bonds. The number of aliphatic imine (C=N–C) groups is 1. The summed E-state index contributed by atoms with van der Waals surface area (Å²) < 4.78 is 5.37. The first-order valence-corrected chi connectivity index (χ1v) is 10.3. The second-order valence-corrected chi connectivity index (χ2v) is 8.82. The number of hydrogen-bond donors (Lipinski definition) is 3. The maximum absolute atomic E-state index is 12.1. The number of amides is 2. The number of halogens is 1. The Kier molecular flexibility index (Phi) is 12.6. The van der Waals surface area contributed by atoms with Crippen molar-refractivity contribution in [3.8, 4) is 0 Å². The van der Waals surface area contributed by atoms with Gasteiger partial charge in [0.15, 0.2) is 5.96 Å². The van der Waals surface area contributed by atoms with Gasteiger partial charge in [0.25, 0.3) is 0 Å². The van der Waals surface area contributed by atoms with Gasteiger partial charge in [0.2, 0.25) is 5.91 Å². The summed E-state index contributed by atoms with van der Waals surface area (Å²) in [4.78, 5) is 30.4. The Bertz CT molecular complexity index is 549. The summed E-state index contributed by atoms with van der Waals surface area (Å²) in [6, 6.07) is -0.130. The summed E-state index contributed by atoms with van der Waals surface area (Å²) in [5.74, 6) is 1.03. The van der Waals surface area contributed by atoms with Crippen molar-refractivity contribution in [1.29, 1.82) is 0 Å². The molecular weight excluding hydrogens is 485 g/mol. The molecule has 0 spiro atoms. The minimum atomic E-state index is -0.535. The number of hydrogen-bond acceptors (Lipinski definition) is 4. The molecular formula is C20H40IN5O3. The summed E-state index contributed by atoms with van der Waals surface area (Å²) in [7, 11) is 0. The first kappa shape index (κ1) is 27.7. The van der Waals surface area contributed by atoms with E-state index in [1.165, 1.54) is 0 Å². The highest BCUT2D eigenvalue weighted by Crippen LogP contribution is 2.19. The van der Waals surface area contributed by atoms with Crippen molar-refractivity contribution in [1.82, 2.24) is 15.5 Å². The lowest BCUT2D eigenvalue weighted by Gasteiger charge is -2.35. The number of guanidine groups is 1. The van der Waals surface area contributed by atoms with Crippen LogP contribution in [0.2, 0.25) is 0 Å². The molecule has 2 unspecified atom stereocenters. The molecule has 1 heterocycles. The lowest BCUT2D eigenvalue weighted by Crippen LogP contribution is -2.48. The van der Waals surface area contributed by atoms with E-state index in [9.17, 15) is 9.59 Å². The van der Waals surface area contributed by atoms with Gasteiger partial charge in [-0.2, -0.15) is 0 Å². The standard InChI is InChI=1S/C20H39N5O3.HI/c1-7-22-18(25-10-8-9-15(13-25)11-17(21)26)23-12-16(14(2)3)24-19(27)28-20(4,5)6;/h14-16H,7-13H2,1-6H3,(H2,21,26)(H,22,23)(H,24,27);1H. The van der Waals surface area contributed by atoms with Gasteiger partial charge in [-0.25, -0.2) is 4.79 Å². The Balaban J connectivity index is 0.00000784. The Hall–Kier alpha value is -1.26. The van der Waals surface area contributed by atoms with Gasteiger partial charge in [-0.3, -0.25) is 9.79 Å². The number of carbonyl (C=O) groups excluding carboxylic acids is 2. The molecule has 0 aliphatic carbocycles. The van der Waals surface area contributed by atoms with Gasteiger partial charge < -0.3 is 26.0 Å². The van der Waals surface area contributed by atoms with E-state index in [1.54, 1.807) is 0 Å². The van der Waals surface area contributed by atoms with E-state index in [1.807, 2.05) is 41.5 Å². The SMILES string of the molecule is CCNC(=NCC(NC(=O)OC(C)(C)C)C(C)C)N1CCCC(CC(N)=O)C1.I. The molecule has 0 saturated carbocycles. The van der Waals surface area contributed by atoms with E-state index in [-0.39, 0.29) is 47.8 Å². The van der Waals surface area contributed by atoms with Gasteiger partial charge in [-0.15, -0.1) is 24.0 Å². The van der Waals surface area contributed by atoms with Crippen LogP contribution < -0.4 is 16.4 Å². The van der Waals surface area contributed by atoms with Crippen LogP contribution in [0.1, 0.15) is 60.8 Å². The zero-order valence-corrected chi connectivity index (χ0v) is 21.1. The molecule has 1 saturated heterocycles. The van der Waals surface area contributed by atoms with Crippen LogP contribution in [0.4, 0.5) is 4.79 Å². The normalized spacial score (nSPS) is 18.7. The van der Waals surface area contributed by atoms with Gasteiger partial charge in [0, 0.05) is 26.1 Å². The number of likely N-dealkylation sites (tertiary alicyclic amines) is 1. The molecule has 9 heteroatoms. The molecule has 29 heavy (non-hydrogen) atoms. The molecule has 1 fully saturated rings. The third-order valence-electron chi connectivity index (χ3n) is 4.59. The molecule has 1 rings (SSSR count). The van der Waals surface area contributed by atoms with Crippen molar-refractivity contribution in [2.45, 2.75) is 72.4 Å². The van der Waals surface area contributed by atoms with Crippen LogP contribution in [-0.4, -0.2) is 60.7 Å². The summed E-state index contributed by atoms with van der Waals surface area (Å²) >= 11 is 0. The van der Waals surface area contributed by atoms with Gasteiger partial charge in [0.05, 0.1) is 12.6 Å². The molecule has 0 aromatic rings. The molecule has 0 radical (unpaired) electrons. The smallest absolute Gasteiger partial charge is 0.407 e. The van der Waals surface area contributed by atoms with Crippen LogP contribution in [0.25, 0.3) is 0 Å². The average Bonchev–Trinajstić information content (AvgIpc) is 2.55. The highest BCUT2D eigenvalue weighted by molar-refractivity contribution is 14.0. The van der Waals surface area contributed by atoms with Crippen molar-refractivity contribution < 1.29 is 14.3 Å². The molecule has 8 nitrogen and oxygen atoms in total. The highest BCUT2D eigenvalue weighted by atomic mass is 127. The van der Waals surface area contributed by atoms with Crippen molar-refractivity contribution in [2.75, 3.05) is 26.2 Å². The Labute approximate surface area is 192 Å². The van der Waals surface area contributed by atoms with Crippen molar-refractivity contribution in [3.63, 3.8) is 0 Å². The van der Waals surface area contributed by atoms with Crippen LogP contribution in [-0.2, 0) is 9.53 Å². The Morgan fingerprint density at radius 2 is 1.97 bits per heavy atom. The van der Waals surface area contributed by atoms with E-state index in [2.05, 4.69) is 15.5 Å². The van der Waals surface area contributed by atoms with Crippen LogP contribution in [0.15, 0.2) is 4.99 Å². The van der Waals surface area contributed by atoms with Gasteiger partial charge >= 0.3 is 6.09 Å². The fraction of sp³-hybridized carbons (Fsp3) is 0.850. The van der Waals surface area contributed by atoms with E-state index in [4.69, 9.17) is 15.5 Å². The van der Waals surface area contributed by atoms with Gasteiger partial charge in [-0.05, 0) is 52.4 Å². The molecule has 0 aromatic carbocycles. The van der Waals surface area contributed by atoms with E-state index < -0.39 is 11.7 Å². The molecule has 170 valence electrons. The Morgan fingerprint density at radius 3 is 2.48 bits per heavy atom. The second-order valence-electron chi connectivity index (χ2n) is 8.82. The second kappa shape index (κ2) is 13.1. The fourth-order valence-corrected chi connectivity index (χ4v) is 3.20.